The summed E-state index contributed by atoms with van der Waals surface area (Å²) >= 11 is 0. The molecule has 5 heteroatoms. The second-order valence-corrected chi connectivity index (χ2v) is 5.41. The molecule has 0 atom stereocenters. The van der Waals surface area contributed by atoms with Gasteiger partial charge in [-0.3, -0.25) is 9.59 Å². The molecule has 0 aliphatic carbocycles. The van der Waals surface area contributed by atoms with Gasteiger partial charge in [-0.05, 0) is 45.4 Å². The van der Waals surface area contributed by atoms with Crippen molar-refractivity contribution in [2.24, 2.45) is 0 Å². The minimum Gasteiger partial charge on any atom is -0.481 e. The third-order valence-corrected chi connectivity index (χ3v) is 3.64. The number of carboxylic acids is 1. The van der Waals surface area contributed by atoms with Crippen molar-refractivity contribution in [3.05, 3.63) is 45.5 Å². The van der Waals surface area contributed by atoms with E-state index in [1.54, 1.807) is 6.92 Å². The van der Waals surface area contributed by atoms with E-state index in [1.807, 2.05) is 18.4 Å². The van der Waals surface area contributed by atoms with Crippen LogP contribution < -0.4 is 5.43 Å². The highest BCUT2D eigenvalue weighted by Crippen LogP contribution is 2.22. The average molecular weight is 291 g/mol. The van der Waals surface area contributed by atoms with Gasteiger partial charge in [0.25, 0.3) is 0 Å². The Morgan fingerprint density at radius 1 is 1.38 bits per heavy atom. The number of halogens is 1. The molecule has 1 heterocycles. The molecule has 0 radical (unpaired) electrons. The molecule has 2 aromatic rings. The first-order valence-corrected chi connectivity index (χ1v) is 6.88. The summed E-state index contributed by atoms with van der Waals surface area (Å²) in [6.45, 7) is 5.68. The van der Waals surface area contributed by atoms with Crippen LogP contribution in [0, 0.1) is 12.7 Å². The van der Waals surface area contributed by atoms with Gasteiger partial charge in [-0.1, -0.05) is 0 Å². The van der Waals surface area contributed by atoms with Gasteiger partial charge in [0.05, 0.1) is 5.52 Å². The highest BCUT2D eigenvalue weighted by atomic mass is 19.1. The zero-order chi connectivity index (χ0) is 15.7. The van der Waals surface area contributed by atoms with Crippen LogP contribution in [0.5, 0.6) is 0 Å². The molecule has 0 amide bonds. The molecule has 0 saturated carbocycles. The summed E-state index contributed by atoms with van der Waals surface area (Å²) in [5.41, 5.74) is 1.53. The van der Waals surface area contributed by atoms with Crippen LogP contribution in [-0.4, -0.2) is 15.6 Å². The number of fused-ring (bicyclic) bond motifs is 1. The summed E-state index contributed by atoms with van der Waals surface area (Å²) in [7, 11) is 0. The van der Waals surface area contributed by atoms with Gasteiger partial charge in [-0.2, -0.15) is 0 Å². The molecule has 1 aromatic carbocycles. The van der Waals surface area contributed by atoms with E-state index < -0.39 is 11.8 Å². The number of nitrogens with zero attached hydrogens (tertiary/aromatic N) is 1. The molecule has 0 aliphatic rings. The van der Waals surface area contributed by atoms with Gasteiger partial charge < -0.3 is 9.67 Å². The summed E-state index contributed by atoms with van der Waals surface area (Å²) in [4.78, 5) is 23.3. The third kappa shape index (κ3) is 2.82. The van der Waals surface area contributed by atoms with E-state index in [1.165, 1.54) is 18.2 Å². The van der Waals surface area contributed by atoms with Crippen molar-refractivity contribution in [1.82, 2.24) is 4.57 Å². The van der Waals surface area contributed by atoms with Crippen LogP contribution in [-0.2, 0) is 11.2 Å². The van der Waals surface area contributed by atoms with Gasteiger partial charge in [-0.15, -0.1) is 0 Å². The third-order valence-electron chi connectivity index (χ3n) is 3.64. The molecular weight excluding hydrogens is 273 g/mol. The topological polar surface area (TPSA) is 59.3 Å². The lowest BCUT2D eigenvalue weighted by Crippen LogP contribution is -2.21. The number of aromatic nitrogens is 1. The smallest absolute Gasteiger partial charge is 0.303 e. The molecule has 1 N–H and O–H groups in total. The highest BCUT2D eigenvalue weighted by molar-refractivity contribution is 5.80. The summed E-state index contributed by atoms with van der Waals surface area (Å²) in [6.07, 6.45) is 0.0842. The molecule has 0 unspecified atom stereocenters. The first-order chi connectivity index (χ1) is 9.82. The summed E-state index contributed by atoms with van der Waals surface area (Å²) in [6, 6.07) is 4.11. The Balaban J connectivity index is 2.79. The van der Waals surface area contributed by atoms with Crippen molar-refractivity contribution in [2.75, 3.05) is 0 Å². The fourth-order valence-corrected chi connectivity index (χ4v) is 2.74. The van der Waals surface area contributed by atoms with Crippen LogP contribution >= 0.6 is 0 Å². The number of carbonyl (C=O) groups is 1. The van der Waals surface area contributed by atoms with E-state index in [0.29, 0.717) is 22.2 Å². The molecule has 112 valence electrons. The van der Waals surface area contributed by atoms with Gasteiger partial charge >= 0.3 is 5.97 Å². The Morgan fingerprint density at radius 3 is 2.62 bits per heavy atom. The second kappa shape index (κ2) is 5.68. The SMILES string of the molecule is Cc1c(CCC(=O)O)c(=O)c2ccc(F)cc2n1C(C)C. The normalized spacial score (nSPS) is 11.3. The Morgan fingerprint density at radius 2 is 2.05 bits per heavy atom. The fourth-order valence-electron chi connectivity index (χ4n) is 2.74. The number of hydrogen-bond acceptors (Lipinski definition) is 2. The Labute approximate surface area is 121 Å². The largest absolute Gasteiger partial charge is 0.481 e. The Bertz CT molecular complexity index is 762. The lowest BCUT2D eigenvalue weighted by atomic mass is 10.0. The van der Waals surface area contributed by atoms with Crippen LogP contribution in [0.4, 0.5) is 4.39 Å². The molecule has 0 bridgehead atoms. The van der Waals surface area contributed by atoms with Gasteiger partial charge in [0.15, 0.2) is 5.43 Å². The second-order valence-electron chi connectivity index (χ2n) is 5.41. The van der Waals surface area contributed by atoms with E-state index in [-0.39, 0.29) is 24.3 Å². The standard InChI is InChI=1S/C16H18FNO3/c1-9(2)18-10(3)12(6-7-15(19)20)16(21)13-5-4-11(17)8-14(13)18/h4-5,8-9H,6-7H2,1-3H3,(H,19,20). The molecule has 0 spiro atoms. The predicted molar refractivity (Wildman–Crippen MR) is 79.2 cm³/mol. The molecular formula is C16H18FNO3. The molecule has 1 aromatic heterocycles. The van der Waals surface area contributed by atoms with E-state index in [2.05, 4.69) is 0 Å². The monoisotopic (exact) mass is 291 g/mol. The van der Waals surface area contributed by atoms with E-state index >= 15 is 0 Å². The van der Waals surface area contributed by atoms with Crippen molar-refractivity contribution < 1.29 is 14.3 Å². The summed E-state index contributed by atoms with van der Waals surface area (Å²) < 4.78 is 15.4. The molecule has 0 aliphatic heterocycles. The van der Waals surface area contributed by atoms with Gasteiger partial charge in [0.1, 0.15) is 5.82 Å². The van der Waals surface area contributed by atoms with Crippen LogP contribution in [0.2, 0.25) is 0 Å². The van der Waals surface area contributed by atoms with Crippen molar-refractivity contribution in [3.8, 4) is 0 Å². The van der Waals surface area contributed by atoms with Crippen molar-refractivity contribution >= 4 is 16.9 Å². The Hall–Kier alpha value is -2.17. The molecule has 4 nitrogen and oxygen atoms in total. The average Bonchev–Trinajstić information content (AvgIpc) is 2.37. The Kier molecular flexibility index (Phi) is 4.11. The van der Waals surface area contributed by atoms with Crippen LogP contribution in [0.1, 0.15) is 37.6 Å². The first kappa shape index (κ1) is 15.2. The molecule has 0 saturated heterocycles. The van der Waals surface area contributed by atoms with E-state index in [0.717, 1.165) is 0 Å². The number of rotatable bonds is 4. The number of hydrogen-bond donors (Lipinski definition) is 1. The number of benzene rings is 1. The zero-order valence-electron chi connectivity index (χ0n) is 12.3. The van der Waals surface area contributed by atoms with Crippen molar-refractivity contribution in [3.63, 3.8) is 0 Å². The summed E-state index contributed by atoms with van der Waals surface area (Å²) in [5, 5.41) is 9.25. The number of carboxylic acid groups (broad SMARTS) is 1. The van der Waals surface area contributed by atoms with Crippen LogP contribution in [0.15, 0.2) is 23.0 Å². The van der Waals surface area contributed by atoms with Crippen LogP contribution in [0.3, 0.4) is 0 Å². The highest BCUT2D eigenvalue weighted by Gasteiger charge is 2.16. The number of pyridine rings is 1. The van der Waals surface area contributed by atoms with E-state index in [9.17, 15) is 14.0 Å². The first-order valence-electron chi connectivity index (χ1n) is 6.88. The molecule has 0 fully saturated rings. The van der Waals surface area contributed by atoms with Crippen molar-refractivity contribution in [1.29, 1.82) is 0 Å². The minimum atomic E-state index is -0.941. The van der Waals surface area contributed by atoms with Crippen molar-refractivity contribution in [2.45, 2.75) is 39.7 Å². The summed E-state index contributed by atoms with van der Waals surface area (Å²) in [5.74, 6) is -1.34. The molecule has 21 heavy (non-hydrogen) atoms. The zero-order valence-corrected chi connectivity index (χ0v) is 12.3. The van der Waals surface area contributed by atoms with Gasteiger partial charge in [-0.25, -0.2) is 4.39 Å². The lowest BCUT2D eigenvalue weighted by molar-refractivity contribution is -0.136. The molecule has 2 rings (SSSR count). The van der Waals surface area contributed by atoms with E-state index in [4.69, 9.17) is 5.11 Å². The number of aliphatic carboxylic acids is 1. The van der Waals surface area contributed by atoms with Gasteiger partial charge in [0, 0.05) is 29.1 Å². The maximum atomic E-state index is 13.5. The minimum absolute atomic E-state index is 0.0403. The maximum Gasteiger partial charge on any atom is 0.303 e. The van der Waals surface area contributed by atoms with Crippen LogP contribution in [0.25, 0.3) is 10.9 Å². The fraction of sp³-hybridized carbons (Fsp3) is 0.375. The van der Waals surface area contributed by atoms with Gasteiger partial charge in [0.2, 0.25) is 0 Å². The quantitative estimate of drug-likeness (QED) is 0.942. The lowest BCUT2D eigenvalue weighted by Gasteiger charge is -2.21. The predicted octanol–water partition coefficient (Wildman–Crippen LogP) is 3.05. The maximum absolute atomic E-state index is 13.5.